The Morgan fingerprint density at radius 2 is 2.21 bits per heavy atom. The third-order valence-electron chi connectivity index (χ3n) is 2.60. The number of carboxylic acid groups (broad SMARTS) is 1. The van der Waals surface area contributed by atoms with Crippen LogP contribution in [0, 0.1) is 0 Å². The number of aromatic amines is 1. The van der Waals surface area contributed by atoms with Gasteiger partial charge in [0, 0.05) is 6.92 Å². The number of fused-ring (bicyclic) bond motifs is 1. The Bertz CT molecular complexity index is 669. The first-order chi connectivity index (χ1) is 8.95. The van der Waals surface area contributed by atoms with Crippen LogP contribution in [-0.4, -0.2) is 22.0 Å². The molecule has 0 aliphatic carbocycles. The lowest BCUT2D eigenvalue weighted by Crippen LogP contribution is -2.27. The van der Waals surface area contributed by atoms with Gasteiger partial charge in [0.1, 0.15) is 0 Å². The van der Waals surface area contributed by atoms with E-state index in [-0.39, 0.29) is 12.3 Å². The first-order valence-corrected chi connectivity index (χ1v) is 5.57. The molecule has 0 radical (unpaired) electrons. The molecule has 0 aliphatic rings. The smallest absolute Gasteiger partial charge is 0.417 e. The molecule has 100 valence electrons. The molecule has 1 atom stereocenters. The zero-order valence-corrected chi connectivity index (χ0v) is 10.1. The molecule has 3 N–H and O–H groups in total. The van der Waals surface area contributed by atoms with Crippen molar-refractivity contribution in [3.8, 4) is 0 Å². The van der Waals surface area contributed by atoms with Crippen molar-refractivity contribution in [2.45, 2.75) is 19.4 Å². The third-order valence-corrected chi connectivity index (χ3v) is 2.60. The van der Waals surface area contributed by atoms with Gasteiger partial charge in [0.05, 0.1) is 18.0 Å². The van der Waals surface area contributed by atoms with Crippen LogP contribution in [-0.2, 0) is 9.59 Å². The van der Waals surface area contributed by atoms with Gasteiger partial charge in [0.15, 0.2) is 5.58 Å². The number of oxazole rings is 1. The lowest BCUT2D eigenvalue weighted by molar-refractivity contribution is -0.137. The van der Waals surface area contributed by atoms with Gasteiger partial charge in [-0.15, -0.1) is 0 Å². The number of aliphatic carboxylic acids is 1. The van der Waals surface area contributed by atoms with Crippen molar-refractivity contribution >= 4 is 23.0 Å². The lowest BCUT2D eigenvalue weighted by Gasteiger charge is -2.16. The van der Waals surface area contributed by atoms with Crippen LogP contribution >= 0.6 is 0 Å². The van der Waals surface area contributed by atoms with E-state index in [1.807, 2.05) is 0 Å². The summed E-state index contributed by atoms with van der Waals surface area (Å²) < 4.78 is 4.90. The summed E-state index contributed by atoms with van der Waals surface area (Å²) in [6.07, 6.45) is -0.250. The summed E-state index contributed by atoms with van der Waals surface area (Å²) >= 11 is 0. The van der Waals surface area contributed by atoms with E-state index in [1.165, 1.54) is 13.0 Å². The Hall–Kier alpha value is -2.57. The van der Waals surface area contributed by atoms with E-state index in [4.69, 9.17) is 9.52 Å². The number of carboxylic acids is 1. The number of carbonyl (C=O) groups is 2. The molecule has 2 rings (SSSR count). The van der Waals surface area contributed by atoms with Crippen molar-refractivity contribution in [2.75, 3.05) is 0 Å². The third kappa shape index (κ3) is 3.01. The molecule has 1 aromatic heterocycles. The minimum atomic E-state index is -1.03. The predicted molar refractivity (Wildman–Crippen MR) is 65.6 cm³/mol. The highest BCUT2D eigenvalue weighted by atomic mass is 16.4. The van der Waals surface area contributed by atoms with Crippen molar-refractivity contribution in [3.63, 3.8) is 0 Å². The van der Waals surface area contributed by atoms with Crippen LogP contribution in [0.25, 0.3) is 11.1 Å². The first kappa shape index (κ1) is 12.9. The summed E-state index contributed by atoms with van der Waals surface area (Å²) in [7, 11) is 0. The molecule has 0 bridgehead atoms. The second kappa shape index (κ2) is 4.97. The van der Waals surface area contributed by atoms with Crippen LogP contribution in [0.4, 0.5) is 0 Å². The molecule has 7 nitrogen and oxygen atoms in total. The van der Waals surface area contributed by atoms with Crippen molar-refractivity contribution in [2.24, 2.45) is 0 Å². The van der Waals surface area contributed by atoms with Crippen molar-refractivity contribution in [1.82, 2.24) is 10.3 Å². The summed E-state index contributed by atoms with van der Waals surface area (Å²) in [6.45, 7) is 1.31. The van der Waals surface area contributed by atoms with Crippen LogP contribution in [0.5, 0.6) is 0 Å². The van der Waals surface area contributed by atoms with Gasteiger partial charge in [-0.05, 0) is 17.7 Å². The van der Waals surface area contributed by atoms with E-state index in [0.29, 0.717) is 16.7 Å². The molecular weight excluding hydrogens is 252 g/mol. The van der Waals surface area contributed by atoms with Gasteiger partial charge in [-0.1, -0.05) is 6.07 Å². The maximum atomic E-state index is 11.1. The molecule has 2 aromatic rings. The molecule has 1 unspecified atom stereocenters. The number of aromatic nitrogens is 1. The molecule has 0 fully saturated rings. The average molecular weight is 264 g/mol. The molecule has 0 aliphatic heterocycles. The summed E-state index contributed by atoms with van der Waals surface area (Å²) in [5, 5.41) is 11.4. The number of benzene rings is 1. The molecule has 1 amide bonds. The topological polar surface area (TPSA) is 112 Å². The standard InChI is InChI=1S/C12H12N2O5/c1-6(15)13-9(5-11(16)17)7-2-3-8-10(4-7)19-12(18)14-8/h2-4,9H,5H2,1H3,(H,13,15)(H,14,18)(H,16,17). The fourth-order valence-electron chi connectivity index (χ4n) is 1.85. The van der Waals surface area contributed by atoms with Gasteiger partial charge >= 0.3 is 11.7 Å². The fourth-order valence-corrected chi connectivity index (χ4v) is 1.85. The Kier molecular flexibility index (Phi) is 3.37. The summed E-state index contributed by atoms with van der Waals surface area (Å²) in [4.78, 5) is 35.4. The predicted octanol–water partition coefficient (Wildman–Crippen LogP) is 0.773. The van der Waals surface area contributed by atoms with Gasteiger partial charge in [0.25, 0.3) is 0 Å². The van der Waals surface area contributed by atoms with E-state index in [2.05, 4.69) is 10.3 Å². The summed E-state index contributed by atoms with van der Waals surface area (Å²) in [5.74, 6) is -1.95. The number of rotatable bonds is 4. The molecule has 7 heteroatoms. The number of amides is 1. The first-order valence-electron chi connectivity index (χ1n) is 5.57. The van der Waals surface area contributed by atoms with Crippen LogP contribution in [0.1, 0.15) is 24.9 Å². The molecule has 0 spiro atoms. The normalized spacial score (nSPS) is 12.3. The van der Waals surface area contributed by atoms with Gasteiger partial charge < -0.3 is 14.8 Å². The minimum Gasteiger partial charge on any atom is -0.481 e. The summed E-state index contributed by atoms with van der Waals surface area (Å²) in [6, 6.07) is 4.11. The highest BCUT2D eigenvalue weighted by Crippen LogP contribution is 2.21. The van der Waals surface area contributed by atoms with E-state index >= 15 is 0 Å². The molecular formula is C12H12N2O5. The Morgan fingerprint density at radius 1 is 1.47 bits per heavy atom. The van der Waals surface area contributed by atoms with Gasteiger partial charge in [-0.3, -0.25) is 14.6 Å². The molecule has 1 heterocycles. The second-order valence-electron chi connectivity index (χ2n) is 4.12. The van der Waals surface area contributed by atoms with E-state index < -0.39 is 17.8 Å². The van der Waals surface area contributed by atoms with Crippen molar-refractivity contribution in [1.29, 1.82) is 0 Å². The second-order valence-corrected chi connectivity index (χ2v) is 4.12. The van der Waals surface area contributed by atoms with Gasteiger partial charge in [-0.2, -0.15) is 0 Å². The van der Waals surface area contributed by atoms with Crippen LogP contribution in [0.15, 0.2) is 27.4 Å². The fraction of sp³-hybridized carbons (Fsp3) is 0.250. The van der Waals surface area contributed by atoms with E-state index in [0.717, 1.165) is 0 Å². The zero-order valence-electron chi connectivity index (χ0n) is 10.1. The SMILES string of the molecule is CC(=O)NC(CC(=O)O)c1ccc2[nH]c(=O)oc2c1. The highest BCUT2D eigenvalue weighted by Gasteiger charge is 2.17. The monoisotopic (exact) mass is 264 g/mol. The van der Waals surface area contributed by atoms with Crippen LogP contribution in [0.2, 0.25) is 0 Å². The van der Waals surface area contributed by atoms with E-state index in [9.17, 15) is 14.4 Å². The quantitative estimate of drug-likeness (QED) is 0.755. The Balaban J connectivity index is 2.39. The number of hydrogen-bond donors (Lipinski definition) is 3. The average Bonchev–Trinajstić information content (AvgIpc) is 2.65. The van der Waals surface area contributed by atoms with Gasteiger partial charge in [0.2, 0.25) is 5.91 Å². The number of nitrogens with one attached hydrogen (secondary N) is 2. The van der Waals surface area contributed by atoms with Crippen LogP contribution in [0.3, 0.4) is 0 Å². The highest BCUT2D eigenvalue weighted by molar-refractivity contribution is 5.77. The molecule has 1 aromatic carbocycles. The Morgan fingerprint density at radius 3 is 2.84 bits per heavy atom. The number of H-pyrrole nitrogens is 1. The zero-order chi connectivity index (χ0) is 14.0. The minimum absolute atomic E-state index is 0.250. The van der Waals surface area contributed by atoms with Crippen LogP contribution < -0.4 is 11.1 Å². The maximum Gasteiger partial charge on any atom is 0.417 e. The molecule has 19 heavy (non-hydrogen) atoms. The molecule has 0 saturated heterocycles. The number of carbonyl (C=O) groups excluding carboxylic acids is 1. The maximum absolute atomic E-state index is 11.1. The van der Waals surface area contributed by atoms with Gasteiger partial charge in [-0.25, -0.2) is 4.79 Å². The van der Waals surface area contributed by atoms with E-state index in [1.54, 1.807) is 12.1 Å². The van der Waals surface area contributed by atoms with Crippen molar-refractivity contribution < 1.29 is 19.1 Å². The number of hydrogen-bond acceptors (Lipinski definition) is 4. The summed E-state index contributed by atoms with van der Waals surface area (Å²) in [5.41, 5.74) is 1.40. The lowest BCUT2D eigenvalue weighted by atomic mass is 10.0. The Labute approximate surface area is 107 Å². The molecule has 0 saturated carbocycles. The largest absolute Gasteiger partial charge is 0.481 e. The van der Waals surface area contributed by atoms with Crippen molar-refractivity contribution in [3.05, 3.63) is 34.3 Å².